The Kier molecular flexibility index (Phi) is 6.37. The maximum atomic E-state index is 15.4. The van der Waals surface area contributed by atoms with Gasteiger partial charge in [0.15, 0.2) is 0 Å². The number of ether oxygens (including phenoxy) is 1. The number of amides is 1. The van der Waals surface area contributed by atoms with E-state index >= 15 is 4.39 Å². The van der Waals surface area contributed by atoms with Gasteiger partial charge in [-0.15, -0.1) is 0 Å². The standard InChI is InChI=1S/C24H28ClF3N6O3S/c1-22(2)20(29)34-23(3,15-9-24(6-7-24)11-31-38(15,22)36)18-14(26)4-5-16(32-18)33-19(35)17-13(25)8-12(10-30-17)37-21(27)28/h4-5,8,10,15,21,31,36H,6-7,9,11H2,1-3H3,(H2,29,34)(H,32,33,35)/t15-,23+/m1/s1. The van der Waals surface area contributed by atoms with Gasteiger partial charge in [-0.05, 0) is 57.6 Å². The third-order valence-electron chi connectivity index (χ3n) is 7.85. The van der Waals surface area contributed by atoms with Crippen LogP contribution in [-0.2, 0) is 5.54 Å². The Balaban J connectivity index is 1.50. The minimum absolute atomic E-state index is 0.0135. The van der Waals surface area contributed by atoms with E-state index < -0.39 is 44.4 Å². The van der Waals surface area contributed by atoms with Gasteiger partial charge in [-0.25, -0.2) is 14.4 Å². The van der Waals surface area contributed by atoms with Gasteiger partial charge in [0, 0.05) is 12.6 Å². The first-order valence-electron chi connectivity index (χ1n) is 11.9. The minimum atomic E-state index is -3.08. The summed E-state index contributed by atoms with van der Waals surface area (Å²) >= 11 is 6.05. The molecule has 2 aromatic heterocycles. The van der Waals surface area contributed by atoms with Crippen LogP contribution in [0.5, 0.6) is 5.75 Å². The van der Waals surface area contributed by atoms with E-state index in [4.69, 9.17) is 22.3 Å². The summed E-state index contributed by atoms with van der Waals surface area (Å²) in [6.45, 7) is 2.95. The minimum Gasteiger partial charge on any atom is -0.433 e. The van der Waals surface area contributed by atoms with Gasteiger partial charge in [0.25, 0.3) is 5.91 Å². The average molecular weight is 573 g/mol. The topological polar surface area (TPSA) is 135 Å². The molecule has 4 heterocycles. The SMILES string of the molecule is CC1(C)C(N)=N[C@](C)(c2nc(NC(=O)c3ncc(OC(F)F)cc3Cl)ccc2F)[C@H]2CC3(CC3)CNS21O. The Bertz CT molecular complexity index is 1340. The van der Waals surface area contributed by atoms with Crippen molar-refractivity contribution in [3.8, 4) is 5.75 Å². The fourth-order valence-electron chi connectivity index (χ4n) is 5.19. The van der Waals surface area contributed by atoms with E-state index in [1.165, 1.54) is 6.07 Å². The van der Waals surface area contributed by atoms with Gasteiger partial charge in [0.1, 0.15) is 40.1 Å². The third kappa shape index (κ3) is 4.29. The van der Waals surface area contributed by atoms with Crippen LogP contribution in [0.4, 0.5) is 19.0 Å². The largest absolute Gasteiger partial charge is 0.433 e. The second-order valence-electron chi connectivity index (χ2n) is 10.7. The van der Waals surface area contributed by atoms with Crippen LogP contribution in [0.15, 0.2) is 29.4 Å². The molecule has 1 aliphatic carbocycles. The molecule has 0 bridgehead atoms. The van der Waals surface area contributed by atoms with Gasteiger partial charge in [-0.1, -0.05) is 22.1 Å². The highest BCUT2D eigenvalue weighted by Crippen LogP contribution is 2.71. The van der Waals surface area contributed by atoms with Gasteiger partial charge in [0.2, 0.25) is 0 Å². The Morgan fingerprint density at radius 3 is 2.68 bits per heavy atom. The van der Waals surface area contributed by atoms with Crippen LogP contribution < -0.4 is 20.5 Å². The molecule has 1 saturated carbocycles. The summed E-state index contributed by atoms with van der Waals surface area (Å²) < 4.78 is 59.1. The summed E-state index contributed by atoms with van der Waals surface area (Å²) in [7, 11) is -2.60. The molecule has 3 aliphatic rings. The van der Waals surface area contributed by atoms with Crippen LogP contribution in [0.3, 0.4) is 0 Å². The van der Waals surface area contributed by atoms with Gasteiger partial charge in [-0.2, -0.15) is 8.78 Å². The van der Waals surface area contributed by atoms with E-state index in [-0.39, 0.29) is 39.2 Å². The third-order valence-corrected chi connectivity index (χ3v) is 11.9. The quantitative estimate of drug-likeness (QED) is 0.403. The highest BCUT2D eigenvalue weighted by atomic mass is 35.5. The lowest BCUT2D eigenvalue weighted by Crippen LogP contribution is -2.64. The molecule has 206 valence electrons. The number of carbonyl (C=O) groups is 1. The lowest BCUT2D eigenvalue weighted by molar-refractivity contribution is -0.0500. The number of carbonyl (C=O) groups excluding carboxylic acids is 1. The molecule has 1 unspecified atom stereocenters. The van der Waals surface area contributed by atoms with Gasteiger partial charge in [-0.3, -0.25) is 14.5 Å². The molecule has 2 fully saturated rings. The Morgan fingerprint density at radius 2 is 2.05 bits per heavy atom. The number of nitrogens with one attached hydrogen (secondary N) is 2. The lowest BCUT2D eigenvalue weighted by Gasteiger charge is -2.62. The van der Waals surface area contributed by atoms with Crippen molar-refractivity contribution in [3.63, 3.8) is 0 Å². The Morgan fingerprint density at radius 1 is 1.34 bits per heavy atom. The first kappa shape index (κ1) is 27.0. The molecule has 5 N–H and O–H groups in total. The smallest absolute Gasteiger partial charge is 0.387 e. The molecule has 9 nitrogen and oxygen atoms in total. The molecule has 38 heavy (non-hydrogen) atoms. The molecule has 14 heteroatoms. The normalized spacial score (nSPS) is 30.7. The molecule has 3 atom stereocenters. The number of fused-ring (bicyclic) bond motifs is 1. The average Bonchev–Trinajstić information content (AvgIpc) is 3.59. The van der Waals surface area contributed by atoms with E-state index in [2.05, 4.69) is 24.7 Å². The number of pyridine rings is 2. The van der Waals surface area contributed by atoms with Crippen molar-refractivity contribution in [1.82, 2.24) is 14.7 Å². The van der Waals surface area contributed by atoms with Crippen LogP contribution in [0.25, 0.3) is 0 Å². The summed E-state index contributed by atoms with van der Waals surface area (Å²) in [5, 5.41) is 1.81. The molecule has 1 saturated heterocycles. The fraction of sp³-hybridized carbons (Fsp3) is 0.500. The summed E-state index contributed by atoms with van der Waals surface area (Å²) in [4.78, 5) is 25.8. The number of alkyl halides is 2. The molecule has 5 rings (SSSR count). The first-order chi connectivity index (χ1) is 17.7. The van der Waals surface area contributed by atoms with E-state index in [0.717, 1.165) is 31.2 Å². The number of nitrogens with zero attached hydrogens (tertiary/aromatic N) is 3. The summed E-state index contributed by atoms with van der Waals surface area (Å²) in [5.74, 6) is -1.59. The van der Waals surface area contributed by atoms with Crippen molar-refractivity contribution >= 4 is 39.7 Å². The van der Waals surface area contributed by atoms with Crippen LogP contribution in [0, 0.1) is 11.2 Å². The Hall–Kier alpha value is -2.61. The Labute approximate surface area is 224 Å². The van der Waals surface area contributed by atoms with Gasteiger partial charge >= 0.3 is 6.61 Å². The van der Waals surface area contributed by atoms with E-state index in [0.29, 0.717) is 13.0 Å². The molecule has 0 aromatic carbocycles. The van der Waals surface area contributed by atoms with E-state index in [1.54, 1.807) is 6.92 Å². The number of aromatic nitrogens is 2. The zero-order chi connectivity index (χ0) is 27.7. The number of anilines is 1. The predicted molar refractivity (Wildman–Crippen MR) is 139 cm³/mol. The predicted octanol–water partition coefficient (Wildman–Crippen LogP) is 4.82. The second-order valence-corrected chi connectivity index (χ2v) is 14.2. The van der Waals surface area contributed by atoms with Crippen LogP contribution in [0.1, 0.15) is 56.2 Å². The number of aliphatic imine (C=N–C) groups is 1. The van der Waals surface area contributed by atoms with Crippen molar-refractivity contribution in [2.45, 2.75) is 62.2 Å². The first-order valence-corrected chi connectivity index (χ1v) is 14.0. The summed E-state index contributed by atoms with van der Waals surface area (Å²) in [5.41, 5.74) is 4.75. The number of halogens is 4. The molecule has 2 aromatic rings. The summed E-state index contributed by atoms with van der Waals surface area (Å²) in [6.07, 6.45) is 3.57. The van der Waals surface area contributed by atoms with Crippen LogP contribution in [-0.4, -0.2) is 49.4 Å². The highest BCUT2D eigenvalue weighted by Gasteiger charge is 2.65. The molecule has 0 radical (unpaired) electrons. The number of amidine groups is 1. The van der Waals surface area contributed by atoms with Crippen LogP contribution >= 0.6 is 22.1 Å². The maximum Gasteiger partial charge on any atom is 0.387 e. The van der Waals surface area contributed by atoms with Crippen molar-refractivity contribution < 1.29 is 27.3 Å². The lowest BCUT2D eigenvalue weighted by atomic mass is 9.84. The van der Waals surface area contributed by atoms with Crippen LogP contribution in [0.2, 0.25) is 5.02 Å². The van der Waals surface area contributed by atoms with Gasteiger partial charge < -0.3 is 20.3 Å². The number of rotatable bonds is 5. The van der Waals surface area contributed by atoms with E-state index in [1.807, 2.05) is 13.8 Å². The summed E-state index contributed by atoms with van der Waals surface area (Å²) in [6, 6.07) is 3.46. The monoisotopic (exact) mass is 572 g/mol. The number of hydrogen-bond acceptors (Lipinski definition) is 8. The van der Waals surface area contributed by atoms with E-state index in [9.17, 15) is 18.1 Å². The molecule has 1 spiro atoms. The zero-order valence-electron chi connectivity index (χ0n) is 20.9. The van der Waals surface area contributed by atoms with Crippen molar-refractivity contribution in [1.29, 1.82) is 0 Å². The highest BCUT2D eigenvalue weighted by molar-refractivity contribution is 8.29. The molecule has 2 aliphatic heterocycles. The second kappa shape index (κ2) is 8.97. The van der Waals surface area contributed by atoms with Gasteiger partial charge in [0.05, 0.1) is 21.2 Å². The maximum absolute atomic E-state index is 15.4. The molecular weight excluding hydrogens is 545 g/mol. The van der Waals surface area contributed by atoms with Crippen molar-refractivity contribution in [2.24, 2.45) is 16.1 Å². The fourth-order valence-corrected chi connectivity index (χ4v) is 9.02. The molecule has 1 amide bonds. The van der Waals surface area contributed by atoms with Crippen molar-refractivity contribution in [3.05, 3.63) is 46.6 Å². The molecular formula is C24H28ClF3N6O3S. The number of nitrogens with two attached hydrogens (primary N) is 1. The zero-order valence-corrected chi connectivity index (χ0v) is 22.5. The number of hydrogen-bond donors (Lipinski definition) is 4. The van der Waals surface area contributed by atoms with Crippen molar-refractivity contribution in [2.75, 3.05) is 11.9 Å².